The van der Waals surface area contributed by atoms with Crippen molar-refractivity contribution in [1.82, 2.24) is 25.5 Å². The van der Waals surface area contributed by atoms with Crippen LogP contribution in [0.5, 0.6) is 5.75 Å². The minimum atomic E-state index is 0.214. The van der Waals surface area contributed by atoms with Crippen molar-refractivity contribution in [2.75, 3.05) is 7.11 Å². The van der Waals surface area contributed by atoms with Crippen LogP contribution in [0.3, 0.4) is 0 Å². The third-order valence-corrected chi connectivity index (χ3v) is 5.04. The number of nitrogens with one attached hydrogen (secondary N) is 1. The Hall–Kier alpha value is -1.66. The Balaban J connectivity index is 1.56. The summed E-state index contributed by atoms with van der Waals surface area (Å²) in [4.78, 5) is 0. The predicted molar refractivity (Wildman–Crippen MR) is 86.6 cm³/mol. The molecule has 122 valence electrons. The zero-order valence-corrected chi connectivity index (χ0v) is 13.9. The highest BCUT2D eigenvalue weighted by molar-refractivity contribution is 6.31. The lowest BCUT2D eigenvalue weighted by Gasteiger charge is -2.28. The van der Waals surface area contributed by atoms with Crippen LogP contribution in [0.15, 0.2) is 12.1 Å². The number of rotatable bonds is 5. The van der Waals surface area contributed by atoms with Gasteiger partial charge in [0.25, 0.3) is 0 Å². The van der Waals surface area contributed by atoms with E-state index in [-0.39, 0.29) is 6.04 Å². The van der Waals surface area contributed by atoms with Gasteiger partial charge < -0.3 is 10.1 Å². The molecule has 1 aromatic carbocycles. The van der Waals surface area contributed by atoms with Gasteiger partial charge in [-0.1, -0.05) is 11.6 Å². The minimum absolute atomic E-state index is 0.214. The van der Waals surface area contributed by atoms with Gasteiger partial charge >= 0.3 is 0 Å². The van der Waals surface area contributed by atoms with Crippen molar-refractivity contribution in [3.05, 3.63) is 34.1 Å². The number of fused-ring (bicyclic) bond motifs is 1. The van der Waals surface area contributed by atoms with Crippen molar-refractivity contribution in [1.29, 1.82) is 0 Å². The number of ether oxygens (including phenoxy) is 1. The van der Waals surface area contributed by atoms with Gasteiger partial charge in [0, 0.05) is 16.6 Å². The van der Waals surface area contributed by atoms with E-state index in [1.807, 2.05) is 16.8 Å². The summed E-state index contributed by atoms with van der Waals surface area (Å²) >= 11 is 6.48. The molecule has 4 rings (SSSR count). The van der Waals surface area contributed by atoms with Crippen molar-refractivity contribution < 1.29 is 4.74 Å². The molecule has 2 aromatic rings. The lowest BCUT2D eigenvalue weighted by atomic mass is 9.87. The van der Waals surface area contributed by atoms with Crippen LogP contribution in [0.2, 0.25) is 5.02 Å². The first-order valence-electron chi connectivity index (χ1n) is 8.13. The zero-order valence-electron chi connectivity index (χ0n) is 13.1. The molecule has 0 aliphatic heterocycles. The molecule has 1 atom stereocenters. The molecule has 1 aromatic heterocycles. The number of benzene rings is 1. The van der Waals surface area contributed by atoms with E-state index in [4.69, 9.17) is 16.3 Å². The Kier molecular flexibility index (Phi) is 3.95. The SMILES string of the molecule is COc1ccc(Cl)c2c1CCCC2NCc1nnnn1C1CC1. The maximum Gasteiger partial charge on any atom is 0.165 e. The smallest absolute Gasteiger partial charge is 0.165 e. The summed E-state index contributed by atoms with van der Waals surface area (Å²) in [7, 11) is 1.71. The summed E-state index contributed by atoms with van der Waals surface area (Å²) in [6, 6.07) is 4.58. The lowest BCUT2D eigenvalue weighted by Crippen LogP contribution is -2.27. The zero-order chi connectivity index (χ0) is 15.8. The molecule has 23 heavy (non-hydrogen) atoms. The number of tetrazole rings is 1. The van der Waals surface area contributed by atoms with Crippen LogP contribution >= 0.6 is 11.6 Å². The Morgan fingerprint density at radius 2 is 2.22 bits per heavy atom. The largest absolute Gasteiger partial charge is 0.496 e. The summed E-state index contributed by atoms with van der Waals surface area (Å²) in [5, 5.41) is 16.5. The van der Waals surface area contributed by atoms with Gasteiger partial charge in [-0.3, -0.25) is 0 Å². The number of nitrogens with zero attached hydrogens (tertiary/aromatic N) is 4. The fraction of sp³-hybridized carbons (Fsp3) is 0.562. The molecule has 6 nitrogen and oxygen atoms in total. The maximum atomic E-state index is 6.48. The van der Waals surface area contributed by atoms with Gasteiger partial charge in [-0.05, 0) is 60.2 Å². The van der Waals surface area contributed by atoms with Crippen molar-refractivity contribution in [2.45, 2.75) is 50.7 Å². The summed E-state index contributed by atoms with van der Waals surface area (Å²) in [6.07, 6.45) is 5.54. The van der Waals surface area contributed by atoms with Gasteiger partial charge in [0.05, 0.1) is 19.7 Å². The molecule has 2 aliphatic carbocycles. The molecule has 1 saturated carbocycles. The second-order valence-corrected chi connectivity index (χ2v) is 6.65. The predicted octanol–water partition coefficient (Wildman–Crippen LogP) is 2.84. The van der Waals surface area contributed by atoms with E-state index in [9.17, 15) is 0 Å². The monoisotopic (exact) mass is 333 g/mol. The Morgan fingerprint density at radius 1 is 1.35 bits per heavy atom. The summed E-state index contributed by atoms with van der Waals surface area (Å²) in [5.74, 6) is 1.83. The quantitative estimate of drug-likeness (QED) is 0.911. The molecular weight excluding hydrogens is 314 g/mol. The van der Waals surface area contributed by atoms with Gasteiger partial charge in [-0.2, -0.15) is 0 Å². The first-order valence-corrected chi connectivity index (χ1v) is 8.51. The molecule has 2 aliphatic rings. The summed E-state index contributed by atoms with van der Waals surface area (Å²) < 4.78 is 7.45. The number of aromatic nitrogens is 4. The molecule has 0 bridgehead atoms. The summed E-state index contributed by atoms with van der Waals surface area (Å²) in [6.45, 7) is 0.654. The number of halogens is 1. The highest BCUT2D eigenvalue weighted by atomic mass is 35.5. The van der Waals surface area contributed by atoms with E-state index < -0.39 is 0 Å². The van der Waals surface area contributed by atoms with Crippen LogP contribution in [0.1, 0.15) is 54.7 Å². The first kappa shape index (κ1) is 14.9. The highest BCUT2D eigenvalue weighted by Crippen LogP contribution is 2.40. The second kappa shape index (κ2) is 6.09. The van der Waals surface area contributed by atoms with Crippen LogP contribution in [0.25, 0.3) is 0 Å². The highest BCUT2D eigenvalue weighted by Gasteiger charge is 2.29. The second-order valence-electron chi connectivity index (χ2n) is 6.24. The van der Waals surface area contributed by atoms with Crippen molar-refractivity contribution in [2.24, 2.45) is 0 Å². The van der Waals surface area contributed by atoms with E-state index in [1.165, 1.54) is 24.0 Å². The van der Waals surface area contributed by atoms with E-state index >= 15 is 0 Å². The number of methoxy groups -OCH3 is 1. The Labute approximate surface area is 140 Å². The molecule has 1 N–H and O–H groups in total. The Bertz CT molecular complexity index is 712. The van der Waals surface area contributed by atoms with Crippen LogP contribution in [0.4, 0.5) is 0 Å². The summed E-state index contributed by atoms with van der Waals surface area (Å²) in [5.41, 5.74) is 2.40. The molecular formula is C16H20ClN5O. The number of hydrogen-bond donors (Lipinski definition) is 1. The van der Waals surface area contributed by atoms with E-state index in [0.717, 1.165) is 35.9 Å². The molecule has 0 saturated heterocycles. The number of hydrogen-bond acceptors (Lipinski definition) is 5. The fourth-order valence-corrected chi connectivity index (χ4v) is 3.73. The molecule has 1 unspecified atom stereocenters. The fourth-order valence-electron chi connectivity index (χ4n) is 3.42. The molecule has 1 heterocycles. The minimum Gasteiger partial charge on any atom is -0.496 e. The first-order chi connectivity index (χ1) is 11.3. The van der Waals surface area contributed by atoms with Gasteiger partial charge in [-0.15, -0.1) is 5.10 Å². The van der Waals surface area contributed by atoms with E-state index in [1.54, 1.807) is 7.11 Å². The molecule has 1 fully saturated rings. The van der Waals surface area contributed by atoms with Crippen molar-refractivity contribution in [3.8, 4) is 5.75 Å². The van der Waals surface area contributed by atoms with Gasteiger partial charge in [0.15, 0.2) is 5.82 Å². The van der Waals surface area contributed by atoms with Gasteiger partial charge in [0.2, 0.25) is 0 Å². The van der Waals surface area contributed by atoms with Crippen LogP contribution in [0, 0.1) is 0 Å². The third kappa shape index (κ3) is 2.81. The van der Waals surface area contributed by atoms with E-state index in [2.05, 4.69) is 20.8 Å². The van der Waals surface area contributed by atoms with Gasteiger partial charge in [-0.25, -0.2) is 4.68 Å². The van der Waals surface area contributed by atoms with Crippen LogP contribution in [-0.2, 0) is 13.0 Å². The standard InChI is InChI=1S/C16H20ClN5O/c1-23-14-8-7-12(17)16-11(14)3-2-4-13(16)18-9-15-19-20-21-22(15)10-5-6-10/h7-8,10,13,18H,2-6,9H2,1H3. The maximum absolute atomic E-state index is 6.48. The topological polar surface area (TPSA) is 64.9 Å². The third-order valence-electron chi connectivity index (χ3n) is 4.71. The average molecular weight is 334 g/mol. The molecule has 0 spiro atoms. The molecule has 0 amide bonds. The normalized spacial score (nSPS) is 20.3. The van der Waals surface area contributed by atoms with Crippen molar-refractivity contribution in [3.63, 3.8) is 0 Å². The van der Waals surface area contributed by atoms with E-state index in [0.29, 0.717) is 12.6 Å². The molecule has 0 radical (unpaired) electrons. The molecule has 7 heteroatoms. The van der Waals surface area contributed by atoms with Crippen LogP contribution in [-0.4, -0.2) is 27.3 Å². The Morgan fingerprint density at radius 3 is 3.00 bits per heavy atom. The average Bonchev–Trinajstić information content (AvgIpc) is 3.31. The van der Waals surface area contributed by atoms with Crippen LogP contribution < -0.4 is 10.1 Å². The van der Waals surface area contributed by atoms with Gasteiger partial charge in [0.1, 0.15) is 5.75 Å². The van der Waals surface area contributed by atoms with Crippen molar-refractivity contribution >= 4 is 11.6 Å². The lowest BCUT2D eigenvalue weighted by molar-refractivity contribution is 0.393.